The summed E-state index contributed by atoms with van der Waals surface area (Å²) in [5.41, 5.74) is 3.37. The summed E-state index contributed by atoms with van der Waals surface area (Å²) in [6.07, 6.45) is 6.12. The Morgan fingerprint density at radius 1 is 1.00 bits per heavy atom. The van der Waals surface area contributed by atoms with Gasteiger partial charge in [0, 0.05) is 12.1 Å². The van der Waals surface area contributed by atoms with Crippen molar-refractivity contribution in [3.8, 4) is 11.3 Å². The summed E-state index contributed by atoms with van der Waals surface area (Å²) in [5, 5.41) is 8.51. The van der Waals surface area contributed by atoms with Crippen LogP contribution in [0.2, 0.25) is 0 Å². The molecule has 0 N–H and O–H groups in total. The van der Waals surface area contributed by atoms with Gasteiger partial charge in [-0.1, -0.05) is 41.5 Å². The maximum atomic E-state index is 4.27. The predicted octanol–water partition coefficient (Wildman–Crippen LogP) is 2.74. The van der Waals surface area contributed by atoms with Crippen LogP contribution in [0.15, 0.2) is 30.5 Å². The molecular weight excluding hydrogens is 248 g/mol. The minimum absolute atomic E-state index is 0.929. The van der Waals surface area contributed by atoms with Gasteiger partial charge in [-0.3, -0.25) is 4.68 Å². The Morgan fingerprint density at radius 3 is 2.50 bits per heavy atom. The summed E-state index contributed by atoms with van der Waals surface area (Å²) in [6, 6.07) is 8.44. The van der Waals surface area contributed by atoms with Gasteiger partial charge < -0.3 is 4.90 Å². The van der Waals surface area contributed by atoms with E-state index in [9.17, 15) is 0 Å². The van der Waals surface area contributed by atoms with Gasteiger partial charge in [0.2, 0.25) is 0 Å². The number of benzene rings is 1. The molecular formula is C16H22N4. The zero-order chi connectivity index (χ0) is 13.8. The Kier molecular flexibility index (Phi) is 4.11. The summed E-state index contributed by atoms with van der Waals surface area (Å²) in [7, 11) is 0. The molecule has 1 saturated heterocycles. The molecule has 0 radical (unpaired) electrons. The van der Waals surface area contributed by atoms with Gasteiger partial charge in [0.15, 0.2) is 0 Å². The molecule has 2 heterocycles. The number of nitrogens with zero attached hydrogens (tertiary/aromatic N) is 4. The Balaban J connectivity index is 1.60. The molecule has 3 rings (SSSR count). The van der Waals surface area contributed by atoms with Crippen molar-refractivity contribution in [1.29, 1.82) is 0 Å². The van der Waals surface area contributed by atoms with Crippen LogP contribution >= 0.6 is 0 Å². The van der Waals surface area contributed by atoms with Gasteiger partial charge in [0.1, 0.15) is 5.69 Å². The van der Waals surface area contributed by atoms with E-state index in [4.69, 9.17) is 0 Å². The van der Waals surface area contributed by atoms with Gasteiger partial charge in [-0.2, -0.15) is 0 Å². The number of hydrogen-bond acceptors (Lipinski definition) is 3. The van der Waals surface area contributed by atoms with Crippen LogP contribution < -0.4 is 0 Å². The van der Waals surface area contributed by atoms with Crippen molar-refractivity contribution < 1.29 is 0 Å². The predicted molar refractivity (Wildman–Crippen MR) is 80.5 cm³/mol. The first-order valence-electron chi connectivity index (χ1n) is 7.51. The Morgan fingerprint density at radius 2 is 1.75 bits per heavy atom. The highest BCUT2D eigenvalue weighted by Crippen LogP contribution is 2.16. The minimum Gasteiger partial charge on any atom is -0.301 e. The molecule has 20 heavy (non-hydrogen) atoms. The monoisotopic (exact) mass is 270 g/mol. The summed E-state index contributed by atoms with van der Waals surface area (Å²) in [4.78, 5) is 2.52. The van der Waals surface area contributed by atoms with E-state index in [0.29, 0.717) is 0 Å². The van der Waals surface area contributed by atoms with E-state index in [1.54, 1.807) is 0 Å². The highest BCUT2D eigenvalue weighted by molar-refractivity contribution is 5.57. The molecule has 2 aromatic rings. The van der Waals surface area contributed by atoms with Crippen molar-refractivity contribution in [2.45, 2.75) is 32.7 Å². The largest absolute Gasteiger partial charge is 0.301 e. The molecule has 0 saturated carbocycles. The van der Waals surface area contributed by atoms with Crippen LogP contribution in [0.1, 0.15) is 24.8 Å². The fourth-order valence-electron chi connectivity index (χ4n) is 2.69. The second-order valence-corrected chi connectivity index (χ2v) is 5.64. The Labute approximate surface area is 120 Å². The van der Waals surface area contributed by atoms with Crippen molar-refractivity contribution in [2.75, 3.05) is 19.6 Å². The lowest BCUT2D eigenvalue weighted by Crippen LogP contribution is -2.32. The number of rotatable bonds is 4. The standard InChI is InChI=1S/C16H22N4/c1-14-5-7-15(8-6-14)16-13-20(18-17-16)12-11-19-9-3-2-4-10-19/h5-8,13H,2-4,9-12H2,1H3. The Bertz CT molecular complexity index is 538. The van der Waals surface area contributed by atoms with E-state index in [1.807, 2.05) is 4.68 Å². The highest BCUT2D eigenvalue weighted by Gasteiger charge is 2.10. The van der Waals surface area contributed by atoms with Crippen LogP contribution in [0.5, 0.6) is 0 Å². The normalized spacial score (nSPS) is 16.4. The molecule has 0 amide bonds. The molecule has 4 nitrogen and oxygen atoms in total. The highest BCUT2D eigenvalue weighted by atomic mass is 15.4. The zero-order valence-corrected chi connectivity index (χ0v) is 12.1. The maximum absolute atomic E-state index is 4.27. The molecule has 1 aromatic heterocycles. The van der Waals surface area contributed by atoms with Gasteiger partial charge in [0.05, 0.1) is 12.7 Å². The number of aromatic nitrogens is 3. The second kappa shape index (κ2) is 6.18. The molecule has 1 aromatic carbocycles. The molecule has 106 valence electrons. The smallest absolute Gasteiger partial charge is 0.113 e. The molecule has 0 aliphatic carbocycles. The van der Waals surface area contributed by atoms with E-state index < -0.39 is 0 Å². The van der Waals surface area contributed by atoms with Crippen molar-refractivity contribution in [3.63, 3.8) is 0 Å². The lowest BCUT2D eigenvalue weighted by Gasteiger charge is -2.25. The van der Waals surface area contributed by atoms with E-state index in [2.05, 4.69) is 52.6 Å². The zero-order valence-electron chi connectivity index (χ0n) is 12.1. The van der Waals surface area contributed by atoms with E-state index in [0.717, 1.165) is 24.3 Å². The topological polar surface area (TPSA) is 34.0 Å². The van der Waals surface area contributed by atoms with Gasteiger partial charge in [-0.25, -0.2) is 0 Å². The van der Waals surface area contributed by atoms with Crippen LogP contribution in [0.25, 0.3) is 11.3 Å². The van der Waals surface area contributed by atoms with Crippen LogP contribution in [0, 0.1) is 6.92 Å². The molecule has 1 aliphatic rings. The lowest BCUT2D eigenvalue weighted by molar-refractivity contribution is 0.217. The fraction of sp³-hybridized carbons (Fsp3) is 0.500. The van der Waals surface area contributed by atoms with Crippen molar-refractivity contribution in [1.82, 2.24) is 19.9 Å². The van der Waals surface area contributed by atoms with Gasteiger partial charge in [0.25, 0.3) is 0 Å². The SMILES string of the molecule is Cc1ccc(-c2cn(CCN3CCCCC3)nn2)cc1. The maximum Gasteiger partial charge on any atom is 0.113 e. The first kappa shape index (κ1) is 13.3. The molecule has 0 unspecified atom stereocenters. The van der Waals surface area contributed by atoms with E-state index in [-0.39, 0.29) is 0 Å². The van der Waals surface area contributed by atoms with Crippen LogP contribution in [0.4, 0.5) is 0 Å². The van der Waals surface area contributed by atoms with Crippen molar-refractivity contribution >= 4 is 0 Å². The summed E-state index contributed by atoms with van der Waals surface area (Å²) < 4.78 is 1.96. The van der Waals surface area contributed by atoms with Crippen molar-refractivity contribution in [3.05, 3.63) is 36.0 Å². The minimum atomic E-state index is 0.929. The first-order chi connectivity index (χ1) is 9.81. The first-order valence-corrected chi connectivity index (χ1v) is 7.51. The molecule has 0 spiro atoms. The number of piperidine rings is 1. The molecule has 1 aliphatic heterocycles. The second-order valence-electron chi connectivity index (χ2n) is 5.64. The summed E-state index contributed by atoms with van der Waals surface area (Å²) >= 11 is 0. The van der Waals surface area contributed by atoms with Gasteiger partial charge in [-0.15, -0.1) is 5.10 Å². The molecule has 0 bridgehead atoms. The van der Waals surface area contributed by atoms with Gasteiger partial charge in [-0.05, 0) is 32.9 Å². The molecule has 0 atom stereocenters. The third-order valence-corrected chi connectivity index (χ3v) is 3.98. The molecule has 1 fully saturated rings. The summed E-state index contributed by atoms with van der Waals surface area (Å²) in [6.45, 7) is 6.58. The third kappa shape index (κ3) is 3.25. The summed E-state index contributed by atoms with van der Waals surface area (Å²) in [5.74, 6) is 0. The number of aryl methyl sites for hydroxylation is 1. The van der Waals surface area contributed by atoms with Crippen molar-refractivity contribution in [2.24, 2.45) is 0 Å². The molecule has 4 heteroatoms. The number of likely N-dealkylation sites (tertiary alicyclic amines) is 1. The average Bonchev–Trinajstić information content (AvgIpc) is 2.96. The van der Waals surface area contributed by atoms with Crippen LogP contribution in [0.3, 0.4) is 0 Å². The third-order valence-electron chi connectivity index (χ3n) is 3.98. The quantitative estimate of drug-likeness (QED) is 0.856. The lowest BCUT2D eigenvalue weighted by atomic mass is 10.1. The fourth-order valence-corrected chi connectivity index (χ4v) is 2.69. The Hall–Kier alpha value is -1.68. The van der Waals surface area contributed by atoms with E-state index >= 15 is 0 Å². The van der Waals surface area contributed by atoms with Gasteiger partial charge >= 0.3 is 0 Å². The average molecular weight is 270 g/mol. The van der Waals surface area contributed by atoms with E-state index in [1.165, 1.54) is 37.9 Å². The van der Waals surface area contributed by atoms with Crippen LogP contribution in [-0.2, 0) is 6.54 Å². The number of hydrogen-bond donors (Lipinski definition) is 0. The van der Waals surface area contributed by atoms with Crippen LogP contribution in [-0.4, -0.2) is 39.5 Å².